The van der Waals surface area contributed by atoms with E-state index >= 15 is 0 Å². The summed E-state index contributed by atoms with van der Waals surface area (Å²) >= 11 is 6.23. The molecule has 7 nitrogen and oxygen atoms in total. The van der Waals surface area contributed by atoms with Gasteiger partial charge in [0.1, 0.15) is 0 Å². The van der Waals surface area contributed by atoms with E-state index in [1.807, 2.05) is 0 Å². The molecule has 2 aromatic carbocycles. The van der Waals surface area contributed by atoms with Gasteiger partial charge in [0.05, 0.1) is 33.9 Å². The Morgan fingerprint density at radius 2 is 1.93 bits per heavy atom. The lowest BCUT2D eigenvalue weighted by Gasteiger charge is -2.19. The summed E-state index contributed by atoms with van der Waals surface area (Å²) in [7, 11) is 1.22. The van der Waals surface area contributed by atoms with E-state index in [2.05, 4.69) is 0 Å². The number of para-hydroxylation sites is 1. The van der Waals surface area contributed by atoms with Crippen LogP contribution in [-0.2, 0) is 14.3 Å². The molecule has 3 rings (SSSR count). The molecule has 0 atom stereocenters. The van der Waals surface area contributed by atoms with E-state index in [1.54, 1.807) is 37.3 Å². The number of allylic oxidation sites excluding steroid dienone is 1. The first-order valence-corrected chi connectivity index (χ1v) is 8.57. The van der Waals surface area contributed by atoms with Crippen molar-refractivity contribution in [3.63, 3.8) is 0 Å². The highest BCUT2D eigenvalue weighted by Gasteiger charge is 2.38. The lowest BCUT2D eigenvalue weighted by Crippen LogP contribution is -2.24. The van der Waals surface area contributed by atoms with E-state index < -0.39 is 16.8 Å². The molecule has 1 amide bonds. The summed E-state index contributed by atoms with van der Waals surface area (Å²) in [5.74, 6) is -1.16. The highest BCUT2D eigenvalue weighted by Crippen LogP contribution is 2.38. The Hall–Kier alpha value is -3.45. The standard InChI is InChI=1S/C20H15ClN2O5/c1-12-18(20(25)28-2)15(11-13-6-5-7-14(10-13)23(26)27)19(24)22(12)17-9-4-3-8-16(17)21/h3-11H,1-2H3. The van der Waals surface area contributed by atoms with E-state index in [0.29, 0.717) is 22.0 Å². The van der Waals surface area contributed by atoms with Gasteiger partial charge >= 0.3 is 5.97 Å². The molecular formula is C20H15ClN2O5. The predicted octanol–water partition coefficient (Wildman–Crippen LogP) is 4.13. The fourth-order valence-corrected chi connectivity index (χ4v) is 3.22. The van der Waals surface area contributed by atoms with E-state index in [4.69, 9.17) is 16.3 Å². The largest absolute Gasteiger partial charge is 0.465 e. The monoisotopic (exact) mass is 398 g/mol. The van der Waals surface area contributed by atoms with Gasteiger partial charge < -0.3 is 4.74 Å². The Bertz CT molecular complexity index is 1060. The van der Waals surface area contributed by atoms with Gasteiger partial charge in [-0.05, 0) is 30.7 Å². The third-order valence-electron chi connectivity index (χ3n) is 4.27. The van der Waals surface area contributed by atoms with E-state index in [9.17, 15) is 19.7 Å². The first kappa shape index (κ1) is 19.3. The van der Waals surface area contributed by atoms with E-state index in [0.717, 1.165) is 0 Å². The molecule has 0 N–H and O–H groups in total. The van der Waals surface area contributed by atoms with Crippen LogP contribution in [0.4, 0.5) is 11.4 Å². The number of anilines is 1. The number of esters is 1. The number of ether oxygens (including phenoxy) is 1. The molecule has 8 heteroatoms. The van der Waals surface area contributed by atoms with Crippen molar-refractivity contribution in [1.82, 2.24) is 0 Å². The van der Waals surface area contributed by atoms with Gasteiger partial charge in [-0.1, -0.05) is 35.9 Å². The molecule has 1 aliphatic rings. The Morgan fingerprint density at radius 1 is 1.21 bits per heavy atom. The maximum absolute atomic E-state index is 13.1. The first-order valence-electron chi connectivity index (χ1n) is 8.20. The number of hydrogen-bond donors (Lipinski definition) is 0. The summed E-state index contributed by atoms with van der Waals surface area (Å²) < 4.78 is 4.84. The van der Waals surface area contributed by atoms with Crippen LogP contribution in [0.25, 0.3) is 6.08 Å². The summed E-state index contributed by atoms with van der Waals surface area (Å²) in [6.45, 7) is 1.61. The van der Waals surface area contributed by atoms with Gasteiger partial charge in [-0.15, -0.1) is 0 Å². The Balaban J connectivity index is 2.17. The van der Waals surface area contributed by atoms with Crippen LogP contribution in [0.5, 0.6) is 0 Å². The maximum Gasteiger partial charge on any atom is 0.340 e. The Labute approximate surface area is 165 Å². The second-order valence-electron chi connectivity index (χ2n) is 5.95. The fourth-order valence-electron chi connectivity index (χ4n) is 3.00. The Kier molecular flexibility index (Phi) is 5.28. The summed E-state index contributed by atoms with van der Waals surface area (Å²) in [6, 6.07) is 12.5. The predicted molar refractivity (Wildman–Crippen MR) is 105 cm³/mol. The zero-order valence-electron chi connectivity index (χ0n) is 15.0. The molecule has 0 saturated heterocycles. The maximum atomic E-state index is 13.1. The zero-order valence-corrected chi connectivity index (χ0v) is 15.8. The van der Waals surface area contributed by atoms with Crippen LogP contribution >= 0.6 is 11.6 Å². The Morgan fingerprint density at radius 3 is 2.57 bits per heavy atom. The second-order valence-corrected chi connectivity index (χ2v) is 6.36. The van der Waals surface area contributed by atoms with Crippen LogP contribution in [0.3, 0.4) is 0 Å². The highest BCUT2D eigenvalue weighted by molar-refractivity contribution is 6.35. The molecule has 2 aromatic rings. The number of nitrogens with zero attached hydrogens (tertiary/aromatic N) is 2. The summed E-state index contributed by atoms with van der Waals surface area (Å²) in [6.07, 6.45) is 1.43. The van der Waals surface area contributed by atoms with Gasteiger partial charge in [0, 0.05) is 17.8 Å². The van der Waals surface area contributed by atoms with Crippen molar-refractivity contribution in [2.24, 2.45) is 0 Å². The summed E-state index contributed by atoms with van der Waals surface area (Å²) in [5, 5.41) is 11.4. The second kappa shape index (κ2) is 7.66. The molecule has 1 aliphatic heterocycles. The van der Waals surface area contributed by atoms with Crippen LogP contribution in [0.2, 0.25) is 5.02 Å². The topological polar surface area (TPSA) is 89.8 Å². The van der Waals surface area contributed by atoms with Gasteiger partial charge in [0.15, 0.2) is 0 Å². The number of hydrogen-bond acceptors (Lipinski definition) is 5. The number of amides is 1. The minimum atomic E-state index is -0.683. The summed E-state index contributed by atoms with van der Waals surface area (Å²) in [4.78, 5) is 37.3. The number of rotatable bonds is 4. The van der Waals surface area contributed by atoms with Crippen molar-refractivity contribution in [2.45, 2.75) is 6.92 Å². The minimum Gasteiger partial charge on any atom is -0.465 e. The molecular weight excluding hydrogens is 384 g/mol. The number of non-ortho nitro benzene ring substituents is 1. The average molecular weight is 399 g/mol. The normalized spacial score (nSPS) is 15.3. The average Bonchev–Trinajstić information content (AvgIpc) is 2.92. The van der Waals surface area contributed by atoms with Crippen LogP contribution in [-0.4, -0.2) is 23.9 Å². The zero-order chi connectivity index (χ0) is 20.4. The van der Waals surface area contributed by atoms with Crippen molar-refractivity contribution in [3.05, 3.63) is 86.1 Å². The number of halogens is 1. The lowest BCUT2D eigenvalue weighted by atomic mass is 10.0. The molecule has 0 radical (unpaired) electrons. The summed E-state index contributed by atoms with van der Waals surface area (Å²) in [5.41, 5.74) is 1.23. The van der Waals surface area contributed by atoms with Crippen LogP contribution in [0, 0.1) is 10.1 Å². The first-order chi connectivity index (χ1) is 13.3. The van der Waals surface area contributed by atoms with Crippen LogP contribution in [0.15, 0.2) is 65.4 Å². The molecule has 0 bridgehead atoms. The minimum absolute atomic E-state index is 0.0739. The number of nitro groups is 1. The molecule has 0 fully saturated rings. The fraction of sp³-hybridized carbons (Fsp3) is 0.100. The number of benzene rings is 2. The molecule has 0 aromatic heterocycles. The van der Waals surface area contributed by atoms with E-state index in [-0.39, 0.29) is 16.8 Å². The van der Waals surface area contributed by atoms with E-state index in [1.165, 1.54) is 36.3 Å². The lowest BCUT2D eigenvalue weighted by molar-refractivity contribution is -0.384. The smallest absolute Gasteiger partial charge is 0.340 e. The third kappa shape index (κ3) is 3.39. The number of carbonyl (C=O) groups excluding carboxylic acids is 2. The molecule has 0 unspecified atom stereocenters. The van der Waals surface area contributed by atoms with Crippen molar-refractivity contribution in [3.8, 4) is 0 Å². The van der Waals surface area contributed by atoms with Gasteiger partial charge in [0.25, 0.3) is 11.6 Å². The van der Waals surface area contributed by atoms with Crippen molar-refractivity contribution in [1.29, 1.82) is 0 Å². The van der Waals surface area contributed by atoms with Gasteiger partial charge in [-0.25, -0.2) is 4.79 Å². The van der Waals surface area contributed by atoms with Gasteiger partial charge in [-0.3, -0.25) is 19.8 Å². The van der Waals surface area contributed by atoms with Crippen molar-refractivity contribution >= 4 is 40.9 Å². The molecule has 0 saturated carbocycles. The molecule has 28 heavy (non-hydrogen) atoms. The number of carbonyl (C=O) groups is 2. The number of nitro benzene ring substituents is 1. The van der Waals surface area contributed by atoms with Gasteiger partial charge in [0.2, 0.25) is 0 Å². The third-order valence-corrected chi connectivity index (χ3v) is 4.59. The molecule has 142 valence electrons. The van der Waals surface area contributed by atoms with Crippen molar-refractivity contribution in [2.75, 3.05) is 12.0 Å². The quantitative estimate of drug-likeness (QED) is 0.334. The van der Waals surface area contributed by atoms with Crippen LogP contribution in [0.1, 0.15) is 12.5 Å². The molecule has 0 aliphatic carbocycles. The van der Waals surface area contributed by atoms with Crippen LogP contribution < -0.4 is 4.90 Å². The molecule has 1 heterocycles. The SMILES string of the molecule is COC(=O)C1=C(C)N(c2ccccc2Cl)C(=O)C1=Cc1cccc([N+](=O)[O-])c1. The van der Waals surface area contributed by atoms with Gasteiger partial charge in [-0.2, -0.15) is 0 Å². The number of methoxy groups -OCH3 is 1. The molecule has 0 spiro atoms. The van der Waals surface area contributed by atoms with Crippen molar-refractivity contribution < 1.29 is 19.2 Å². The highest BCUT2D eigenvalue weighted by atomic mass is 35.5.